The molecule has 0 fully saturated rings. The Kier molecular flexibility index (Phi) is 8.11. The van der Waals surface area contributed by atoms with Crippen LogP contribution in [0.3, 0.4) is 0 Å². The SMILES string of the molecule is CCC[C@H](C)NC(=O)CN(c1ccc(Oc2ccccc2)cc1)S(=O)(=O)c1ccc(C)cc1. The van der Waals surface area contributed by atoms with Gasteiger partial charge in [-0.3, -0.25) is 9.10 Å². The molecule has 0 spiro atoms. The third-order valence-electron chi connectivity index (χ3n) is 5.13. The predicted octanol–water partition coefficient (Wildman–Crippen LogP) is 5.29. The number of hydrogen-bond donors (Lipinski definition) is 1. The van der Waals surface area contributed by atoms with Gasteiger partial charge in [-0.25, -0.2) is 8.42 Å². The summed E-state index contributed by atoms with van der Waals surface area (Å²) in [6.45, 7) is 5.52. The van der Waals surface area contributed by atoms with E-state index in [2.05, 4.69) is 5.32 Å². The van der Waals surface area contributed by atoms with Crippen LogP contribution in [0.5, 0.6) is 11.5 Å². The summed E-state index contributed by atoms with van der Waals surface area (Å²) in [5, 5.41) is 2.89. The number of sulfonamides is 1. The van der Waals surface area contributed by atoms with Gasteiger partial charge in [0.25, 0.3) is 10.0 Å². The normalized spacial score (nSPS) is 12.1. The molecule has 0 saturated heterocycles. The van der Waals surface area contributed by atoms with Gasteiger partial charge in [-0.05, 0) is 68.8 Å². The zero-order valence-electron chi connectivity index (χ0n) is 19.2. The lowest BCUT2D eigenvalue weighted by molar-refractivity contribution is -0.120. The Hall–Kier alpha value is -3.32. The summed E-state index contributed by atoms with van der Waals surface area (Å²) >= 11 is 0. The van der Waals surface area contributed by atoms with Crippen molar-refractivity contribution in [3.8, 4) is 11.5 Å². The highest BCUT2D eigenvalue weighted by Crippen LogP contribution is 2.28. The maximum Gasteiger partial charge on any atom is 0.264 e. The van der Waals surface area contributed by atoms with Crippen molar-refractivity contribution in [1.29, 1.82) is 0 Å². The molecule has 0 aromatic heterocycles. The molecular formula is C26H30N2O4S. The molecule has 0 saturated carbocycles. The second kappa shape index (κ2) is 11.0. The molecule has 174 valence electrons. The van der Waals surface area contributed by atoms with Crippen molar-refractivity contribution >= 4 is 21.6 Å². The number of para-hydroxylation sites is 1. The zero-order valence-corrected chi connectivity index (χ0v) is 20.0. The van der Waals surface area contributed by atoms with Gasteiger partial charge in [-0.15, -0.1) is 0 Å². The quantitative estimate of drug-likeness (QED) is 0.441. The fourth-order valence-corrected chi connectivity index (χ4v) is 4.83. The number of nitrogens with zero attached hydrogens (tertiary/aromatic N) is 1. The number of nitrogens with one attached hydrogen (secondary N) is 1. The predicted molar refractivity (Wildman–Crippen MR) is 131 cm³/mol. The van der Waals surface area contributed by atoms with Crippen LogP contribution in [-0.2, 0) is 14.8 Å². The van der Waals surface area contributed by atoms with Crippen molar-refractivity contribution in [1.82, 2.24) is 5.32 Å². The van der Waals surface area contributed by atoms with Crippen LogP contribution in [0, 0.1) is 6.92 Å². The summed E-state index contributed by atoms with van der Waals surface area (Å²) in [5.41, 5.74) is 1.34. The maximum absolute atomic E-state index is 13.5. The van der Waals surface area contributed by atoms with Gasteiger partial charge >= 0.3 is 0 Å². The molecule has 0 unspecified atom stereocenters. The number of amides is 1. The molecule has 0 aliphatic rings. The minimum atomic E-state index is -3.95. The van der Waals surface area contributed by atoms with Crippen molar-refractivity contribution in [3.05, 3.63) is 84.4 Å². The summed E-state index contributed by atoms with van der Waals surface area (Å²) in [4.78, 5) is 12.8. The largest absolute Gasteiger partial charge is 0.457 e. The van der Waals surface area contributed by atoms with Gasteiger partial charge in [0.15, 0.2) is 0 Å². The number of rotatable bonds is 10. The Morgan fingerprint density at radius 1 is 0.939 bits per heavy atom. The van der Waals surface area contributed by atoms with E-state index >= 15 is 0 Å². The van der Waals surface area contributed by atoms with E-state index in [1.54, 1.807) is 48.5 Å². The molecule has 1 amide bonds. The maximum atomic E-state index is 13.5. The lowest BCUT2D eigenvalue weighted by atomic mass is 10.2. The molecule has 0 heterocycles. The summed E-state index contributed by atoms with van der Waals surface area (Å²) in [6, 6.07) is 22.6. The Morgan fingerprint density at radius 2 is 1.55 bits per heavy atom. The Morgan fingerprint density at radius 3 is 2.15 bits per heavy atom. The van der Waals surface area contributed by atoms with Crippen LogP contribution in [0.25, 0.3) is 0 Å². The number of carbonyl (C=O) groups is 1. The highest BCUT2D eigenvalue weighted by atomic mass is 32.2. The number of hydrogen-bond acceptors (Lipinski definition) is 4. The molecule has 7 heteroatoms. The Labute approximate surface area is 196 Å². The van der Waals surface area contributed by atoms with Gasteiger partial charge in [-0.2, -0.15) is 0 Å². The second-order valence-corrected chi connectivity index (χ2v) is 9.85. The van der Waals surface area contributed by atoms with Gasteiger partial charge < -0.3 is 10.1 Å². The molecular weight excluding hydrogens is 436 g/mol. The molecule has 3 aromatic carbocycles. The third-order valence-corrected chi connectivity index (χ3v) is 6.92. The van der Waals surface area contributed by atoms with E-state index in [1.165, 1.54) is 0 Å². The lowest BCUT2D eigenvalue weighted by Gasteiger charge is -2.25. The summed E-state index contributed by atoms with van der Waals surface area (Å²) in [5.74, 6) is 0.897. The van der Waals surface area contributed by atoms with Gasteiger partial charge in [-0.1, -0.05) is 49.2 Å². The smallest absolute Gasteiger partial charge is 0.264 e. The van der Waals surface area contributed by atoms with Crippen LogP contribution in [-0.4, -0.2) is 26.9 Å². The molecule has 0 aliphatic heterocycles. The number of carbonyl (C=O) groups excluding carboxylic acids is 1. The van der Waals surface area contributed by atoms with Crippen molar-refractivity contribution < 1.29 is 17.9 Å². The molecule has 33 heavy (non-hydrogen) atoms. The van der Waals surface area contributed by atoms with E-state index in [0.717, 1.165) is 22.7 Å². The highest BCUT2D eigenvalue weighted by Gasteiger charge is 2.27. The van der Waals surface area contributed by atoms with E-state index in [4.69, 9.17) is 4.74 Å². The standard InChI is InChI=1S/C26H30N2O4S/c1-4-8-21(3)27-26(29)19-28(33(30,31)25-17-11-20(2)12-18-25)22-13-15-24(16-14-22)32-23-9-6-5-7-10-23/h5-7,9-18,21H,4,8,19H2,1-3H3,(H,27,29)/t21-/m0/s1. The first-order chi connectivity index (χ1) is 15.8. The fourth-order valence-electron chi connectivity index (χ4n) is 3.41. The van der Waals surface area contributed by atoms with E-state index in [1.807, 2.05) is 51.1 Å². The van der Waals surface area contributed by atoms with Gasteiger partial charge in [0.1, 0.15) is 18.0 Å². The van der Waals surface area contributed by atoms with E-state index in [0.29, 0.717) is 17.2 Å². The molecule has 3 rings (SSSR count). The van der Waals surface area contributed by atoms with Crippen LogP contribution in [0.4, 0.5) is 5.69 Å². The highest BCUT2D eigenvalue weighted by molar-refractivity contribution is 7.92. The summed E-state index contributed by atoms with van der Waals surface area (Å²) < 4.78 is 33.9. The van der Waals surface area contributed by atoms with Crippen LogP contribution < -0.4 is 14.4 Å². The van der Waals surface area contributed by atoms with Crippen molar-refractivity contribution in [2.24, 2.45) is 0 Å². The molecule has 0 aliphatic carbocycles. The average Bonchev–Trinajstić information content (AvgIpc) is 2.79. The van der Waals surface area contributed by atoms with Crippen LogP contribution >= 0.6 is 0 Å². The van der Waals surface area contributed by atoms with E-state index < -0.39 is 10.0 Å². The van der Waals surface area contributed by atoms with Gasteiger partial charge in [0.2, 0.25) is 5.91 Å². The average molecular weight is 467 g/mol. The minimum Gasteiger partial charge on any atom is -0.457 e. The van der Waals surface area contributed by atoms with Crippen molar-refractivity contribution in [3.63, 3.8) is 0 Å². The first kappa shape index (κ1) is 24.3. The molecule has 0 bridgehead atoms. The van der Waals surface area contributed by atoms with Crippen molar-refractivity contribution in [2.75, 3.05) is 10.8 Å². The number of anilines is 1. The first-order valence-electron chi connectivity index (χ1n) is 11.0. The lowest BCUT2D eigenvalue weighted by Crippen LogP contribution is -2.43. The molecule has 3 aromatic rings. The second-order valence-electron chi connectivity index (χ2n) is 7.99. The minimum absolute atomic E-state index is 0.0342. The van der Waals surface area contributed by atoms with Crippen LogP contribution in [0.1, 0.15) is 32.3 Å². The fraction of sp³-hybridized carbons (Fsp3) is 0.269. The number of benzene rings is 3. The van der Waals surface area contributed by atoms with Gasteiger partial charge in [0, 0.05) is 6.04 Å². The summed E-state index contributed by atoms with van der Waals surface area (Å²) in [7, 11) is -3.95. The Bertz CT molecular complexity index is 1150. The first-order valence-corrected chi connectivity index (χ1v) is 12.5. The molecule has 1 N–H and O–H groups in total. The number of aryl methyl sites for hydroxylation is 1. The zero-order chi connectivity index (χ0) is 23.8. The van der Waals surface area contributed by atoms with Crippen molar-refractivity contribution in [2.45, 2.75) is 44.6 Å². The topological polar surface area (TPSA) is 75.7 Å². The third kappa shape index (κ3) is 6.58. The van der Waals surface area contributed by atoms with E-state index in [-0.39, 0.29) is 23.4 Å². The van der Waals surface area contributed by atoms with E-state index in [9.17, 15) is 13.2 Å². The van der Waals surface area contributed by atoms with Crippen LogP contribution in [0.15, 0.2) is 83.8 Å². The molecule has 0 radical (unpaired) electrons. The molecule has 1 atom stereocenters. The summed E-state index contributed by atoms with van der Waals surface area (Å²) in [6.07, 6.45) is 1.75. The monoisotopic (exact) mass is 466 g/mol. The number of ether oxygens (including phenoxy) is 1. The van der Waals surface area contributed by atoms with Crippen LogP contribution in [0.2, 0.25) is 0 Å². The molecule has 6 nitrogen and oxygen atoms in total. The Balaban J connectivity index is 1.89. The van der Waals surface area contributed by atoms with Gasteiger partial charge in [0.05, 0.1) is 10.6 Å².